The molecular weight excluding hydrogens is 476 g/mol. The Morgan fingerprint density at radius 1 is 0.974 bits per heavy atom. The van der Waals surface area contributed by atoms with Crippen molar-refractivity contribution in [2.24, 2.45) is 0 Å². The van der Waals surface area contributed by atoms with Crippen LogP contribution in [0.25, 0.3) is 0 Å². The predicted octanol–water partition coefficient (Wildman–Crippen LogP) is 7.48. The molecule has 0 spiro atoms. The number of nitrogens with one attached hydrogen (secondary N) is 2. The Morgan fingerprint density at radius 2 is 1.68 bits per heavy atom. The molecule has 0 unspecified atom stereocenters. The van der Waals surface area contributed by atoms with Gasteiger partial charge in [0, 0.05) is 31.0 Å². The number of carbonyl (C=O) groups excluding carboxylic acids is 2. The van der Waals surface area contributed by atoms with E-state index in [2.05, 4.69) is 36.3 Å². The summed E-state index contributed by atoms with van der Waals surface area (Å²) in [6, 6.07) is 17.0. The van der Waals surface area contributed by atoms with Crippen molar-refractivity contribution < 1.29 is 14.0 Å². The minimum Gasteiger partial charge on any atom is -0.467 e. The van der Waals surface area contributed by atoms with Gasteiger partial charge in [0.1, 0.15) is 5.76 Å². The van der Waals surface area contributed by atoms with Gasteiger partial charge >= 0.3 is 6.03 Å². The molecular formula is C31H40N4O3. The first-order chi connectivity index (χ1) is 18.4. The number of hydrogen-bond acceptors (Lipinski definition) is 4. The van der Waals surface area contributed by atoms with Gasteiger partial charge in [-0.15, -0.1) is 0 Å². The second kappa shape index (κ2) is 13.2. The van der Waals surface area contributed by atoms with Crippen LogP contribution in [0.1, 0.15) is 80.5 Å². The van der Waals surface area contributed by atoms with Crippen molar-refractivity contribution in [1.82, 2.24) is 4.90 Å². The minimum absolute atomic E-state index is 0.00831. The summed E-state index contributed by atoms with van der Waals surface area (Å²) in [6.45, 7) is 9.34. The zero-order valence-corrected chi connectivity index (χ0v) is 22.8. The Hall–Kier alpha value is -3.74. The second-order valence-electron chi connectivity index (χ2n) is 10.3. The molecule has 0 aliphatic carbocycles. The summed E-state index contributed by atoms with van der Waals surface area (Å²) in [5.74, 6) is 1.29. The average Bonchev–Trinajstić information content (AvgIpc) is 3.44. The number of likely N-dealkylation sites (tertiary alicyclic amines) is 1. The molecule has 0 atom stereocenters. The lowest BCUT2D eigenvalue weighted by molar-refractivity contribution is 0.0725. The van der Waals surface area contributed by atoms with E-state index in [0.717, 1.165) is 68.9 Å². The van der Waals surface area contributed by atoms with Crippen molar-refractivity contribution in [3.05, 3.63) is 77.7 Å². The molecule has 2 aromatic carbocycles. The maximum Gasteiger partial charge on any atom is 0.323 e. The SMILES string of the molecule is CCCCN(Cc1ccco1)c1ccc(NC(=O)Nc2ccc(C(C)C)cc2)cc1C(=O)N1CCCCC1. The van der Waals surface area contributed by atoms with Crippen molar-refractivity contribution in [2.45, 2.75) is 65.3 Å². The highest BCUT2D eigenvalue weighted by molar-refractivity contribution is 6.04. The van der Waals surface area contributed by atoms with Crippen molar-refractivity contribution in [3.63, 3.8) is 0 Å². The van der Waals surface area contributed by atoms with Crippen molar-refractivity contribution >= 4 is 29.0 Å². The first-order valence-corrected chi connectivity index (χ1v) is 13.8. The van der Waals surface area contributed by atoms with Gasteiger partial charge in [-0.1, -0.05) is 39.3 Å². The molecule has 0 radical (unpaired) electrons. The Bertz CT molecular complexity index is 1180. The first kappa shape index (κ1) is 27.3. The van der Waals surface area contributed by atoms with Gasteiger partial charge in [-0.3, -0.25) is 4.79 Å². The lowest BCUT2D eigenvalue weighted by atomic mass is 10.0. The predicted molar refractivity (Wildman–Crippen MR) is 154 cm³/mol. The van der Waals surface area contributed by atoms with E-state index in [4.69, 9.17) is 4.42 Å². The molecule has 4 rings (SSSR count). The van der Waals surface area contributed by atoms with Crippen molar-refractivity contribution in [2.75, 3.05) is 35.2 Å². The van der Waals surface area contributed by atoms with Crippen LogP contribution in [0, 0.1) is 0 Å². The third-order valence-electron chi connectivity index (χ3n) is 7.01. The summed E-state index contributed by atoms with van der Waals surface area (Å²) in [5.41, 5.74) is 3.99. The van der Waals surface area contributed by atoms with Crippen LogP contribution < -0.4 is 15.5 Å². The van der Waals surface area contributed by atoms with E-state index in [1.54, 1.807) is 6.26 Å². The Labute approximate surface area is 226 Å². The number of unbranched alkanes of at least 4 members (excludes halogenated alkanes) is 1. The number of carbonyl (C=O) groups is 2. The smallest absolute Gasteiger partial charge is 0.323 e. The maximum atomic E-state index is 13.8. The van der Waals surface area contributed by atoms with Crippen molar-refractivity contribution in [3.8, 4) is 0 Å². The molecule has 1 aliphatic rings. The van der Waals surface area contributed by atoms with Gasteiger partial charge in [0.15, 0.2) is 0 Å². The summed E-state index contributed by atoms with van der Waals surface area (Å²) in [4.78, 5) is 30.7. The van der Waals surface area contributed by atoms with Gasteiger partial charge in [0.25, 0.3) is 5.91 Å². The first-order valence-electron chi connectivity index (χ1n) is 13.8. The molecule has 3 aromatic rings. The molecule has 1 aliphatic heterocycles. The summed E-state index contributed by atoms with van der Waals surface area (Å²) in [5, 5.41) is 5.82. The summed E-state index contributed by atoms with van der Waals surface area (Å²) < 4.78 is 5.63. The Balaban J connectivity index is 1.58. The number of nitrogens with zero attached hydrogens (tertiary/aromatic N) is 2. The molecule has 7 nitrogen and oxygen atoms in total. The quantitative estimate of drug-likeness (QED) is 0.293. The van der Waals surface area contributed by atoms with E-state index in [0.29, 0.717) is 23.7 Å². The zero-order chi connectivity index (χ0) is 26.9. The number of benzene rings is 2. The van der Waals surface area contributed by atoms with Crippen LogP contribution in [-0.2, 0) is 6.54 Å². The summed E-state index contributed by atoms with van der Waals surface area (Å²) in [7, 11) is 0. The van der Waals surface area contributed by atoms with Gasteiger partial charge in [-0.05, 0) is 79.6 Å². The third-order valence-corrected chi connectivity index (χ3v) is 7.01. The number of furan rings is 1. The fraction of sp³-hybridized carbons (Fsp3) is 0.419. The topological polar surface area (TPSA) is 77.8 Å². The molecule has 1 saturated heterocycles. The lowest BCUT2D eigenvalue weighted by Crippen LogP contribution is -2.37. The van der Waals surface area contributed by atoms with E-state index in [-0.39, 0.29) is 11.9 Å². The number of hydrogen-bond donors (Lipinski definition) is 2. The Morgan fingerprint density at radius 3 is 2.34 bits per heavy atom. The fourth-order valence-electron chi connectivity index (χ4n) is 4.80. The highest BCUT2D eigenvalue weighted by Crippen LogP contribution is 2.29. The van der Waals surface area contributed by atoms with Crippen LogP contribution in [0.4, 0.5) is 21.9 Å². The number of urea groups is 1. The molecule has 2 N–H and O–H groups in total. The monoisotopic (exact) mass is 516 g/mol. The molecule has 7 heteroatoms. The molecule has 202 valence electrons. The largest absolute Gasteiger partial charge is 0.467 e. The van der Waals surface area contributed by atoms with Gasteiger partial charge in [-0.25, -0.2) is 4.79 Å². The second-order valence-corrected chi connectivity index (χ2v) is 10.3. The molecule has 1 fully saturated rings. The zero-order valence-electron chi connectivity index (χ0n) is 22.8. The van der Waals surface area contributed by atoms with Crippen LogP contribution in [0.3, 0.4) is 0 Å². The van der Waals surface area contributed by atoms with Crippen LogP contribution in [0.2, 0.25) is 0 Å². The number of piperidine rings is 1. The number of anilines is 3. The number of rotatable bonds is 10. The van der Waals surface area contributed by atoms with Gasteiger partial charge < -0.3 is 24.9 Å². The molecule has 38 heavy (non-hydrogen) atoms. The molecule has 0 saturated carbocycles. The molecule has 3 amide bonds. The van der Waals surface area contributed by atoms with E-state index in [1.807, 2.05) is 59.5 Å². The normalized spacial score (nSPS) is 13.4. The Kier molecular flexibility index (Phi) is 9.46. The van der Waals surface area contributed by atoms with Crippen LogP contribution >= 0.6 is 0 Å². The van der Waals surface area contributed by atoms with Gasteiger partial charge in [0.2, 0.25) is 0 Å². The van der Waals surface area contributed by atoms with Gasteiger partial charge in [-0.2, -0.15) is 0 Å². The number of amides is 3. The molecule has 2 heterocycles. The van der Waals surface area contributed by atoms with E-state index in [1.165, 1.54) is 5.56 Å². The maximum absolute atomic E-state index is 13.8. The molecule has 1 aromatic heterocycles. The van der Waals surface area contributed by atoms with Crippen LogP contribution in [0.5, 0.6) is 0 Å². The standard InChI is InChI=1S/C31H40N4O3/c1-4-5-17-35(22-27-10-9-20-38-27)29-16-15-26(21-28(29)30(36)34-18-7-6-8-19-34)33-31(37)32-25-13-11-24(12-14-25)23(2)3/h9-16,20-21,23H,4-8,17-19,22H2,1-3H3,(H2,32,33,37). The summed E-state index contributed by atoms with van der Waals surface area (Å²) >= 11 is 0. The highest BCUT2D eigenvalue weighted by Gasteiger charge is 2.24. The van der Waals surface area contributed by atoms with Crippen LogP contribution in [0.15, 0.2) is 65.3 Å². The van der Waals surface area contributed by atoms with Gasteiger partial charge in [0.05, 0.1) is 24.1 Å². The average molecular weight is 517 g/mol. The van der Waals surface area contributed by atoms with E-state index < -0.39 is 0 Å². The van der Waals surface area contributed by atoms with E-state index >= 15 is 0 Å². The minimum atomic E-state index is -0.343. The van der Waals surface area contributed by atoms with Crippen molar-refractivity contribution in [1.29, 1.82) is 0 Å². The summed E-state index contributed by atoms with van der Waals surface area (Å²) in [6.07, 6.45) is 6.90. The molecule has 0 bridgehead atoms. The highest BCUT2D eigenvalue weighted by atomic mass is 16.3. The lowest BCUT2D eigenvalue weighted by Gasteiger charge is -2.31. The van der Waals surface area contributed by atoms with Crippen LogP contribution in [-0.4, -0.2) is 36.5 Å². The third kappa shape index (κ3) is 7.18. The van der Waals surface area contributed by atoms with E-state index in [9.17, 15) is 9.59 Å². The fourth-order valence-corrected chi connectivity index (χ4v) is 4.80.